The first kappa shape index (κ1) is 63.3. The average Bonchev–Trinajstić information content (AvgIpc) is 3.27. The second-order valence-corrected chi connectivity index (χ2v) is 15.5. The van der Waals surface area contributed by atoms with Crippen LogP contribution in [0.4, 0.5) is 0 Å². The van der Waals surface area contributed by atoms with Gasteiger partial charge in [0.25, 0.3) is 1.43 Å². The van der Waals surface area contributed by atoms with E-state index in [1.54, 1.807) is 30.3 Å². The second-order valence-electron chi connectivity index (χ2n) is 14.4. The van der Waals surface area contributed by atoms with Crippen LogP contribution in [-0.4, -0.2) is 77.2 Å². The Morgan fingerprint density at radius 2 is 0.985 bits per heavy atom. The van der Waals surface area contributed by atoms with Crippen molar-refractivity contribution >= 4 is 58.0 Å². The standard InChI is InChI=1S/C22H24O5.C14H8O5.C8H17I.C3H5O.CH2O3.CH3.2K/c1-2-3-4-5-6-9-12-27-17-13-16(23)18-19(22(17)26)21(25)15-11-8-7-10-14(15)20(18)24;15-8-5-9(16)14(19)11-10(8)12(17)6-3-1-2-4-7(6)13(11)18;1-2-3-4-5-6-7-8-9;1-3(2)4;2-1-4-3;;;/h7-8,10-11,13,23,26H,2-6,9,12H2,1H3;1-5,15-16,19H;2-8H2,1H3;1H2,2H3;1,3H;1H3;;/q;;;-1;;-1;2*+1/i/hD. The van der Waals surface area contributed by atoms with E-state index in [4.69, 9.17) is 11.0 Å². The second kappa shape index (κ2) is 35.4. The van der Waals surface area contributed by atoms with Gasteiger partial charge >= 0.3 is 109 Å². The van der Waals surface area contributed by atoms with Gasteiger partial charge in [-0.3, -0.25) is 24.0 Å². The Bertz CT molecular complexity index is 2220. The van der Waals surface area contributed by atoms with Crippen LogP contribution in [-0.2, 0) is 14.5 Å². The minimum Gasteiger partial charge on any atom is -0.507 e. The van der Waals surface area contributed by atoms with Crippen molar-refractivity contribution in [3.05, 3.63) is 120 Å². The third-order valence-electron chi connectivity index (χ3n) is 9.53. The first-order chi connectivity index (χ1) is 30.6. The van der Waals surface area contributed by atoms with Gasteiger partial charge < -0.3 is 54.3 Å². The number of halogens is 1. The summed E-state index contributed by atoms with van der Waals surface area (Å²) >= 11 is 2.45. The summed E-state index contributed by atoms with van der Waals surface area (Å²) in [6.45, 7) is 9.24. The van der Waals surface area contributed by atoms with Gasteiger partial charge in [-0.25, -0.2) is 5.26 Å². The van der Waals surface area contributed by atoms with Gasteiger partial charge in [0.05, 0.1) is 28.9 Å². The van der Waals surface area contributed by atoms with Crippen LogP contribution in [0.2, 0.25) is 0 Å². The zero-order valence-electron chi connectivity index (χ0n) is 39.7. The van der Waals surface area contributed by atoms with Gasteiger partial charge in [-0.2, -0.15) is 0 Å². The molecule has 0 fully saturated rings. The average molecular weight is 1080 g/mol. The molecule has 2 aliphatic rings. The van der Waals surface area contributed by atoms with Gasteiger partial charge in [-0.1, -0.05) is 149 Å². The number of unbranched alkanes of at least 4 members (excludes halogenated alkanes) is 10. The number of fused-ring (bicyclic) bond motifs is 4. The number of rotatable bonds is 16. The molecule has 0 saturated carbocycles. The van der Waals surface area contributed by atoms with Gasteiger partial charge in [0.1, 0.15) is 11.5 Å². The maximum absolute atomic E-state index is 12.8. The molecule has 66 heavy (non-hydrogen) atoms. The van der Waals surface area contributed by atoms with E-state index in [1.807, 2.05) is 0 Å². The molecule has 6 N–H and O–H groups in total. The summed E-state index contributed by atoms with van der Waals surface area (Å²) in [5.74, 6) is -4.79. The molecule has 0 bridgehead atoms. The van der Waals surface area contributed by atoms with E-state index >= 15 is 0 Å². The number of alkyl halides is 1. The van der Waals surface area contributed by atoms with Crippen LogP contribution in [0.3, 0.4) is 0 Å². The van der Waals surface area contributed by atoms with Gasteiger partial charge in [0.2, 0.25) is 0 Å². The Balaban J connectivity index is 0. The fourth-order valence-electron chi connectivity index (χ4n) is 6.53. The fourth-order valence-corrected chi connectivity index (χ4v) is 7.07. The molecule has 0 unspecified atom stereocenters. The number of ketones is 5. The Morgan fingerprint density at radius 1 is 0.621 bits per heavy atom. The maximum Gasteiger partial charge on any atom is 1.00 e. The van der Waals surface area contributed by atoms with E-state index in [2.05, 4.69) is 53.5 Å². The summed E-state index contributed by atoms with van der Waals surface area (Å²) in [6, 6.07) is 14.6. The molecule has 0 heterocycles. The van der Waals surface area contributed by atoms with Crippen molar-refractivity contribution in [3.8, 4) is 34.5 Å². The summed E-state index contributed by atoms with van der Waals surface area (Å²) < 4.78 is 12.6. The van der Waals surface area contributed by atoms with Crippen LogP contribution in [0.15, 0.2) is 60.7 Å². The SMILES string of the molecule is CCCCCCCCI.CCCCCCCCOc1cc(O)c2c(c1O)C(=O)c1ccccc1C2=O.O=C1c2ccccc2C(=O)c2c(O)c(O)cc(O)c21.[2H]OOC=O.[CH2-]C(C)=O.[CH3-].[K+].[K+]. The largest absolute Gasteiger partial charge is 1.00 e. The first-order valence-electron chi connectivity index (χ1n) is 21.0. The molecule has 0 aliphatic heterocycles. The molecular formula is C49H59IK2O14. The maximum atomic E-state index is 12.8. The molecule has 0 radical (unpaired) electrons. The minimum atomic E-state index is -0.694. The molecule has 6 rings (SSSR count). The number of carbonyl (C=O) groups excluding carboxylic acids is 6. The van der Waals surface area contributed by atoms with Gasteiger partial charge in [-0.05, 0) is 30.0 Å². The van der Waals surface area contributed by atoms with Crippen LogP contribution < -0.4 is 108 Å². The van der Waals surface area contributed by atoms with Crippen LogP contribution in [0.1, 0.15) is 162 Å². The fraction of sp³-hybridized carbons (Fsp3) is 0.347. The third-order valence-corrected chi connectivity index (χ3v) is 10.3. The zero-order chi connectivity index (χ0) is 47.8. The van der Waals surface area contributed by atoms with Crippen molar-refractivity contribution in [2.24, 2.45) is 0 Å². The van der Waals surface area contributed by atoms with E-state index in [9.17, 15) is 49.5 Å². The number of hydrogen-bond donors (Lipinski definition) is 6. The van der Waals surface area contributed by atoms with Gasteiger partial charge in [0.15, 0.2) is 46.1 Å². The molecule has 0 amide bonds. The molecule has 0 spiro atoms. The van der Waals surface area contributed by atoms with E-state index in [0.717, 1.165) is 25.3 Å². The number of ether oxygens (including phenoxy) is 1. The van der Waals surface area contributed by atoms with E-state index in [1.165, 1.54) is 93.4 Å². The normalized spacial score (nSPS) is 11.2. The number of hydrogen-bond acceptors (Lipinski definition) is 14. The number of benzene rings is 4. The molecule has 0 aromatic heterocycles. The molecule has 4 aromatic rings. The Labute approximate surface area is 487 Å². The van der Waals surface area contributed by atoms with Crippen LogP contribution >= 0.6 is 22.6 Å². The Kier molecular flexibility index (Phi) is 34.0. The molecule has 2 aliphatic carbocycles. The Hall–Kier alpha value is -2.67. The predicted molar refractivity (Wildman–Crippen MR) is 251 cm³/mol. The summed E-state index contributed by atoms with van der Waals surface area (Å²) in [5, 5.41) is 52.8. The predicted octanol–water partition coefficient (Wildman–Crippen LogP) is 4.47. The molecule has 348 valence electrons. The van der Waals surface area contributed by atoms with Crippen LogP contribution in [0.25, 0.3) is 1.43 Å². The van der Waals surface area contributed by atoms with Crippen LogP contribution in [0, 0.1) is 14.4 Å². The molecular weight excluding hydrogens is 1020 g/mol. The summed E-state index contributed by atoms with van der Waals surface area (Å²) in [4.78, 5) is 71.5. The van der Waals surface area contributed by atoms with E-state index in [-0.39, 0.29) is 184 Å². The minimum absolute atomic E-state index is 0. The van der Waals surface area contributed by atoms with Gasteiger partial charge in [0, 0.05) is 34.4 Å². The zero-order valence-corrected chi connectivity index (χ0v) is 47.1. The summed E-state index contributed by atoms with van der Waals surface area (Å²) in [6.07, 6.45) is 15.1. The molecule has 14 nitrogen and oxygen atoms in total. The van der Waals surface area contributed by atoms with Crippen molar-refractivity contribution in [3.63, 3.8) is 0 Å². The quantitative estimate of drug-likeness (QED) is 0.00749. The van der Waals surface area contributed by atoms with Gasteiger partial charge in [-0.15, -0.1) is 0 Å². The molecule has 17 heteroatoms. The molecule has 4 aromatic carbocycles. The molecule has 0 saturated heterocycles. The van der Waals surface area contributed by atoms with E-state index in [0.29, 0.717) is 6.61 Å². The number of phenolic OH excluding ortho intramolecular Hbond substituents is 5. The smallest absolute Gasteiger partial charge is 0.507 e. The van der Waals surface area contributed by atoms with Crippen molar-refractivity contribution in [1.82, 2.24) is 0 Å². The number of aromatic hydroxyl groups is 5. The third kappa shape index (κ3) is 19.4. The van der Waals surface area contributed by atoms with Crippen molar-refractivity contribution in [1.29, 1.82) is 1.43 Å². The molecule has 0 atom stereocenters. The van der Waals surface area contributed by atoms with Crippen molar-refractivity contribution in [2.75, 3.05) is 11.0 Å². The number of carbonyl (C=O) groups is 6. The number of Topliss-reactive ketones (excluding diaryl/α,β-unsaturated/α-hetero) is 1. The summed E-state index contributed by atoms with van der Waals surface area (Å²) in [7, 11) is 0. The summed E-state index contributed by atoms with van der Waals surface area (Å²) in [5.41, 5.74) is -0.233. The van der Waals surface area contributed by atoms with E-state index < -0.39 is 40.4 Å². The van der Waals surface area contributed by atoms with Crippen molar-refractivity contribution < 1.29 is 172 Å². The van der Waals surface area contributed by atoms with Crippen molar-refractivity contribution in [2.45, 2.75) is 97.8 Å². The topological polar surface area (TPSA) is 242 Å². The monoisotopic (exact) mass is 1080 g/mol. The van der Waals surface area contributed by atoms with Crippen LogP contribution in [0.5, 0.6) is 34.5 Å². The first-order valence-corrected chi connectivity index (χ1v) is 22.1. The number of phenols is 5. The Morgan fingerprint density at radius 3 is 1.36 bits per heavy atom.